The zero-order chi connectivity index (χ0) is 13.2. The van der Waals surface area contributed by atoms with Gasteiger partial charge in [-0.05, 0) is 12.8 Å². The molecule has 18 heavy (non-hydrogen) atoms. The van der Waals surface area contributed by atoms with Gasteiger partial charge in [-0.25, -0.2) is 4.98 Å². The molecule has 0 aliphatic heterocycles. The number of anilines is 1. The number of nitrogens with zero attached hydrogens (tertiary/aromatic N) is 2. The van der Waals surface area contributed by atoms with Crippen molar-refractivity contribution in [1.29, 1.82) is 5.26 Å². The molecule has 1 aromatic heterocycles. The molecular formula is C11H12N4O2S. The summed E-state index contributed by atoms with van der Waals surface area (Å²) in [5, 5.41) is 12.0. The van der Waals surface area contributed by atoms with Crippen LogP contribution in [0.5, 0.6) is 0 Å². The second-order valence-corrected chi connectivity index (χ2v) is 5.28. The van der Waals surface area contributed by atoms with Gasteiger partial charge in [0.15, 0.2) is 5.13 Å². The molecule has 2 amide bonds. The lowest BCUT2D eigenvalue weighted by Gasteiger charge is -2.17. The van der Waals surface area contributed by atoms with Crippen molar-refractivity contribution in [2.75, 3.05) is 5.32 Å². The van der Waals surface area contributed by atoms with Crippen molar-refractivity contribution in [3.63, 3.8) is 0 Å². The van der Waals surface area contributed by atoms with Gasteiger partial charge in [-0.1, -0.05) is 24.2 Å². The minimum Gasteiger partial charge on any atom is -0.365 e. The molecule has 2 rings (SSSR count). The number of nitrogens with two attached hydrogens (primary N) is 1. The number of nitrogens with one attached hydrogen (secondary N) is 1. The summed E-state index contributed by atoms with van der Waals surface area (Å²) in [5.41, 5.74) is 4.15. The number of primary amides is 1. The summed E-state index contributed by atoms with van der Waals surface area (Å²) in [6.45, 7) is 0. The molecule has 7 heteroatoms. The Balaban J connectivity index is 2.11. The summed E-state index contributed by atoms with van der Waals surface area (Å²) >= 11 is 1.01. The first kappa shape index (κ1) is 12.5. The van der Waals surface area contributed by atoms with Gasteiger partial charge in [0.2, 0.25) is 5.91 Å². The molecule has 0 aromatic carbocycles. The summed E-state index contributed by atoms with van der Waals surface area (Å²) < 4.78 is 0. The Morgan fingerprint density at radius 3 is 2.67 bits per heavy atom. The number of hydrogen-bond donors (Lipinski definition) is 2. The van der Waals surface area contributed by atoms with E-state index in [0.717, 1.165) is 24.2 Å². The van der Waals surface area contributed by atoms with Crippen LogP contribution in [-0.2, 0) is 4.79 Å². The van der Waals surface area contributed by atoms with E-state index in [4.69, 9.17) is 11.0 Å². The molecule has 3 N–H and O–H groups in total. The van der Waals surface area contributed by atoms with E-state index in [1.165, 1.54) is 6.20 Å². The number of rotatable bonds is 3. The third-order valence-electron chi connectivity index (χ3n) is 3.07. The molecule has 0 bridgehead atoms. The summed E-state index contributed by atoms with van der Waals surface area (Å²) in [5.74, 6) is -0.920. The molecule has 0 radical (unpaired) electrons. The number of nitriles is 1. The van der Waals surface area contributed by atoms with Crippen LogP contribution in [0, 0.1) is 16.7 Å². The molecule has 1 aliphatic carbocycles. The normalized spacial score (nSPS) is 17.1. The van der Waals surface area contributed by atoms with Crippen molar-refractivity contribution in [1.82, 2.24) is 4.98 Å². The molecule has 0 spiro atoms. The standard InChI is InChI=1S/C11H12N4O2S/c12-6-11(3-1-2-4-11)9(17)15-10-14-5-7(18-10)8(13)16/h5H,1-4H2,(H2,13,16)(H,14,15,17). The number of hydrogen-bond acceptors (Lipinski definition) is 5. The van der Waals surface area contributed by atoms with E-state index in [9.17, 15) is 9.59 Å². The average molecular weight is 264 g/mol. The fourth-order valence-corrected chi connectivity index (χ4v) is 2.69. The van der Waals surface area contributed by atoms with Gasteiger partial charge in [-0.2, -0.15) is 5.26 Å². The van der Waals surface area contributed by atoms with Gasteiger partial charge in [-0.3, -0.25) is 9.59 Å². The van der Waals surface area contributed by atoms with Crippen molar-refractivity contribution in [3.05, 3.63) is 11.1 Å². The predicted octanol–water partition coefficient (Wildman–Crippen LogP) is 1.26. The molecule has 1 aliphatic rings. The average Bonchev–Trinajstić information content (AvgIpc) is 2.97. The van der Waals surface area contributed by atoms with Crippen molar-refractivity contribution in [2.24, 2.45) is 11.1 Å². The highest BCUT2D eigenvalue weighted by Gasteiger charge is 2.41. The monoisotopic (exact) mass is 264 g/mol. The lowest BCUT2D eigenvalue weighted by Crippen LogP contribution is -2.32. The van der Waals surface area contributed by atoms with Crippen molar-refractivity contribution in [2.45, 2.75) is 25.7 Å². The highest BCUT2D eigenvalue weighted by Crippen LogP contribution is 2.38. The van der Waals surface area contributed by atoms with E-state index in [0.29, 0.717) is 18.0 Å². The molecular weight excluding hydrogens is 252 g/mol. The number of carbonyl (C=O) groups excluding carboxylic acids is 2. The zero-order valence-corrected chi connectivity index (χ0v) is 10.4. The van der Waals surface area contributed by atoms with Gasteiger partial charge < -0.3 is 11.1 Å². The summed E-state index contributed by atoms with van der Waals surface area (Å²) in [6, 6.07) is 2.10. The van der Waals surface area contributed by atoms with E-state index in [-0.39, 0.29) is 10.8 Å². The van der Waals surface area contributed by atoms with Crippen molar-refractivity contribution < 1.29 is 9.59 Å². The fraction of sp³-hybridized carbons (Fsp3) is 0.455. The Morgan fingerprint density at radius 2 is 2.17 bits per heavy atom. The van der Waals surface area contributed by atoms with Crippen LogP contribution in [0.15, 0.2) is 6.20 Å². The molecule has 94 valence electrons. The molecule has 6 nitrogen and oxygen atoms in total. The number of aromatic nitrogens is 1. The summed E-state index contributed by atoms with van der Waals surface area (Å²) in [6.07, 6.45) is 4.22. The minimum atomic E-state index is -0.946. The Labute approximate surface area is 108 Å². The van der Waals surface area contributed by atoms with Crippen LogP contribution >= 0.6 is 11.3 Å². The highest BCUT2D eigenvalue weighted by molar-refractivity contribution is 7.17. The molecule has 1 heterocycles. The van der Waals surface area contributed by atoms with Gasteiger partial charge in [0.05, 0.1) is 12.3 Å². The van der Waals surface area contributed by atoms with E-state index < -0.39 is 11.3 Å². The first-order valence-electron chi connectivity index (χ1n) is 5.56. The third kappa shape index (κ3) is 2.19. The first-order chi connectivity index (χ1) is 8.57. The largest absolute Gasteiger partial charge is 0.365 e. The first-order valence-corrected chi connectivity index (χ1v) is 6.37. The summed E-state index contributed by atoms with van der Waals surface area (Å²) in [4.78, 5) is 27.1. The molecule has 1 fully saturated rings. The van der Waals surface area contributed by atoms with Crippen LogP contribution in [0.25, 0.3) is 0 Å². The number of carbonyl (C=O) groups is 2. The van der Waals surface area contributed by atoms with Crippen molar-refractivity contribution >= 4 is 28.3 Å². The molecule has 1 saturated carbocycles. The quantitative estimate of drug-likeness (QED) is 0.856. The van der Waals surface area contributed by atoms with Crippen LogP contribution in [0.1, 0.15) is 35.4 Å². The van der Waals surface area contributed by atoms with Gasteiger partial charge in [0.25, 0.3) is 5.91 Å². The van der Waals surface area contributed by atoms with Gasteiger partial charge >= 0.3 is 0 Å². The van der Waals surface area contributed by atoms with Crippen LogP contribution in [0.2, 0.25) is 0 Å². The van der Waals surface area contributed by atoms with Gasteiger partial charge in [0.1, 0.15) is 10.3 Å². The SMILES string of the molecule is N#CC1(C(=O)Nc2ncc(C(N)=O)s2)CCCC1. The van der Waals surface area contributed by atoms with Gasteiger partial charge in [0, 0.05) is 0 Å². The Kier molecular flexibility index (Phi) is 3.30. The smallest absolute Gasteiger partial charge is 0.260 e. The lowest BCUT2D eigenvalue weighted by atomic mass is 9.87. The zero-order valence-electron chi connectivity index (χ0n) is 9.60. The van der Waals surface area contributed by atoms with E-state index in [1.807, 2.05) is 0 Å². The maximum Gasteiger partial charge on any atom is 0.260 e. The van der Waals surface area contributed by atoms with Crippen LogP contribution in [-0.4, -0.2) is 16.8 Å². The second-order valence-electron chi connectivity index (χ2n) is 4.25. The fourth-order valence-electron chi connectivity index (χ4n) is 2.03. The van der Waals surface area contributed by atoms with Crippen LogP contribution in [0.4, 0.5) is 5.13 Å². The topological polar surface area (TPSA) is 109 Å². The predicted molar refractivity (Wildman–Crippen MR) is 65.8 cm³/mol. The van der Waals surface area contributed by atoms with Crippen molar-refractivity contribution in [3.8, 4) is 6.07 Å². The second kappa shape index (κ2) is 4.74. The maximum absolute atomic E-state index is 12.1. The van der Waals surface area contributed by atoms with Gasteiger partial charge in [-0.15, -0.1) is 0 Å². The Bertz CT molecular complexity index is 525. The lowest BCUT2D eigenvalue weighted by molar-refractivity contribution is -0.122. The minimum absolute atomic E-state index is 0.280. The van der Waals surface area contributed by atoms with E-state index >= 15 is 0 Å². The number of amides is 2. The molecule has 0 unspecified atom stereocenters. The maximum atomic E-state index is 12.1. The number of thiazole rings is 1. The van der Waals surface area contributed by atoms with Crippen LogP contribution in [0.3, 0.4) is 0 Å². The molecule has 1 aromatic rings. The van der Waals surface area contributed by atoms with E-state index in [1.54, 1.807) is 0 Å². The molecule has 0 saturated heterocycles. The highest BCUT2D eigenvalue weighted by atomic mass is 32.1. The summed E-state index contributed by atoms with van der Waals surface area (Å²) in [7, 11) is 0. The Hall–Kier alpha value is -1.94. The van der Waals surface area contributed by atoms with E-state index in [2.05, 4.69) is 16.4 Å². The van der Waals surface area contributed by atoms with Crippen LogP contribution < -0.4 is 11.1 Å². The molecule has 0 atom stereocenters. The third-order valence-corrected chi connectivity index (χ3v) is 4.00. The Morgan fingerprint density at radius 1 is 1.50 bits per heavy atom.